The number of hydrogen-bond acceptors (Lipinski definition) is 8. The van der Waals surface area contributed by atoms with Gasteiger partial charge in [-0.3, -0.25) is 14.2 Å². The number of amides is 1. The van der Waals surface area contributed by atoms with Gasteiger partial charge >= 0.3 is 0 Å². The lowest BCUT2D eigenvalue weighted by atomic mass is 10.1. The molecule has 1 saturated heterocycles. The summed E-state index contributed by atoms with van der Waals surface area (Å²) in [5.74, 6) is -0.374. The van der Waals surface area contributed by atoms with Gasteiger partial charge in [0.15, 0.2) is 5.03 Å². The number of aromatic nitrogens is 3. The van der Waals surface area contributed by atoms with Gasteiger partial charge in [0.1, 0.15) is 17.5 Å². The van der Waals surface area contributed by atoms with Crippen LogP contribution in [0.4, 0.5) is 5.69 Å². The summed E-state index contributed by atoms with van der Waals surface area (Å²) in [6.07, 6.45) is 4.25. The van der Waals surface area contributed by atoms with Crippen molar-refractivity contribution in [3.63, 3.8) is 0 Å². The predicted octanol–water partition coefficient (Wildman–Crippen LogP) is 0.772. The van der Waals surface area contributed by atoms with Crippen LogP contribution in [0.2, 0.25) is 0 Å². The normalized spacial score (nSPS) is 16.8. The smallest absolute Gasteiger partial charge is 0.265 e. The average Bonchev–Trinajstić information content (AvgIpc) is 3.31. The number of carbonyl (C=O) groups excluding carboxylic acids is 1. The Balaban J connectivity index is 1.66. The van der Waals surface area contributed by atoms with Crippen LogP contribution in [0.15, 0.2) is 38.9 Å². The van der Waals surface area contributed by atoms with Gasteiger partial charge in [-0.1, -0.05) is 0 Å². The maximum atomic E-state index is 13.0. The summed E-state index contributed by atoms with van der Waals surface area (Å²) < 4.78 is 35.1. The largest absolute Gasteiger partial charge is 0.442 e. The average molecular weight is 433 g/mol. The number of pyridine rings is 1. The molecule has 158 valence electrons. The van der Waals surface area contributed by atoms with E-state index in [9.17, 15) is 18.0 Å². The van der Waals surface area contributed by atoms with Gasteiger partial charge in [-0.2, -0.15) is 0 Å². The zero-order chi connectivity index (χ0) is 21.5. The van der Waals surface area contributed by atoms with Gasteiger partial charge < -0.3 is 14.5 Å². The number of ether oxygens (including phenoxy) is 1. The van der Waals surface area contributed by atoms with Gasteiger partial charge in [-0.15, -0.1) is 0 Å². The Bertz CT molecular complexity index is 1270. The second-order valence-electron chi connectivity index (χ2n) is 6.93. The van der Waals surface area contributed by atoms with Crippen LogP contribution in [0.3, 0.4) is 0 Å². The Morgan fingerprint density at radius 1 is 1.37 bits per heavy atom. The summed E-state index contributed by atoms with van der Waals surface area (Å²) in [7, 11) is -3.95. The van der Waals surface area contributed by atoms with Gasteiger partial charge in [0, 0.05) is 6.61 Å². The first-order valence-electron chi connectivity index (χ1n) is 9.14. The molecule has 1 atom stereocenters. The molecule has 1 amide bonds. The van der Waals surface area contributed by atoms with Crippen LogP contribution in [-0.2, 0) is 21.3 Å². The van der Waals surface area contributed by atoms with E-state index in [0.29, 0.717) is 13.2 Å². The van der Waals surface area contributed by atoms with E-state index in [0.717, 1.165) is 19.0 Å². The number of aryl methyl sites for hydroxylation is 1. The van der Waals surface area contributed by atoms with Crippen molar-refractivity contribution in [2.45, 2.75) is 37.4 Å². The van der Waals surface area contributed by atoms with E-state index in [1.54, 1.807) is 6.92 Å². The maximum absolute atomic E-state index is 13.0. The maximum Gasteiger partial charge on any atom is 0.265 e. The molecule has 12 heteroatoms. The molecule has 30 heavy (non-hydrogen) atoms. The molecule has 1 unspecified atom stereocenters. The first kappa shape index (κ1) is 20.2. The van der Waals surface area contributed by atoms with Crippen LogP contribution in [-0.4, -0.2) is 41.6 Å². The number of nitrogens with one attached hydrogen (secondary N) is 1. The number of carbonyl (C=O) groups is 1. The van der Waals surface area contributed by atoms with E-state index in [1.807, 2.05) is 0 Å². The van der Waals surface area contributed by atoms with Gasteiger partial charge in [-0.25, -0.2) is 23.5 Å². The molecular weight excluding hydrogens is 414 g/mol. The fourth-order valence-corrected chi connectivity index (χ4v) is 3.82. The molecule has 1 aliphatic heterocycles. The third-order valence-electron chi connectivity index (χ3n) is 4.79. The highest BCUT2D eigenvalue weighted by molar-refractivity contribution is 7.89. The van der Waals surface area contributed by atoms with Crippen molar-refractivity contribution in [3.05, 3.63) is 46.3 Å². The molecule has 0 aliphatic carbocycles. The topological polar surface area (TPSA) is 159 Å². The number of nitrogens with zero attached hydrogens (tertiary/aromatic N) is 3. The molecule has 0 saturated carbocycles. The van der Waals surface area contributed by atoms with E-state index in [1.165, 1.54) is 23.0 Å². The number of sulfonamides is 1. The highest BCUT2D eigenvalue weighted by atomic mass is 32.2. The summed E-state index contributed by atoms with van der Waals surface area (Å²) in [6.45, 7) is 2.56. The second kappa shape index (κ2) is 7.63. The molecule has 4 rings (SSSR count). The lowest BCUT2D eigenvalue weighted by Crippen LogP contribution is -2.27. The number of primary sulfonamides is 1. The second-order valence-corrected chi connectivity index (χ2v) is 8.44. The number of hydrogen-bond donors (Lipinski definition) is 2. The fourth-order valence-electron chi connectivity index (χ4n) is 3.36. The van der Waals surface area contributed by atoms with Crippen molar-refractivity contribution < 1.29 is 22.4 Å². The molecule has 3 aromatic rings. The molecule has 1 aliphatic rings. The Morgan fingerprint density at radius 3 is 2.80 bits per heavy atom. The quantitative estimate of drug-likeness (QED) is 0.597. The van der Waals surface area contributed by atoms with E-state index in [2.05, 4.69) is 15.3 Å². The summed E-state index contributed by atoms with van der Waals surface area (Å²) in [5, 5.41) is 7.33. The van der Waals surface area contributed by atoms with Crippen molar-refractivity contribution >= 4 is 32.7 Å². The van der Waals surface area contributed by atoms with Gasteiger partial charge in [0.25, 0.3) is 21.5 Å². The SMILES string of the molecule is Cc1oc2ncn(CC3CCCO3)c(=O)c2c1C(=O)Nc1ccc(S(N)(=O)=O)nc1. The van der Waals surface area contributed by atoms with E-state index < -0.39 is 21.5 Å². The van der Waals surface area contributed by atoms with Gasteiger partial charge in [0.05, 0.1) is 30.1 Å². The molecule has 0 radical (unpaired) electrons. The molecule has 0 spiro atoms. The van der Waals surface area contributed by atoms with E-state index in [-0.39, 0.29) is 39.2 Å². The first-order valence-corrected chi connectivity index (χ1v) is 10.7. The number of fused-ring (bicyclic) bond motifs is 1. The van der Waals surface area contributed by atoms with Crippen LogP contribution < -0.4 is 16.0 Å². The summed E-state index contributed by atoms with van der Waals surface area (Å²) >= 11 is 0. The molecule has 1 fully saturated rings. The Morgan fingerprint density at radius 2 is 2.17 bits per heavy atom. The zero-order valence-electron chi connectivity index (χ0n) is 16.0. The minimum atomic E-state index is -3.95. The lowest BCUT2D eigenvalue weighted by Gasteiger charge is -2.11. The zero-order valence-corrected chi connectivity index (χ0v) is 16.8. The van der Waals surface area contributed by atoms with E-state index in [4.69, 9.17) is 14.3 Å². The summed E-state index contributed by atoms with van der Waals surface area (Å²) in [4.78, 5) is 33.7. The molecule has 11 nitrogen and oxygen atoms in total. The third-order valence-corrected chi connectivity index (χ3v) is 5.62. The lowest BCUT2D eigenvalue weighted by molar-refractivity contribution is 0.0960. The molecule has 3 N–H and O–H groups in total. The van der Waals surface area contributed by atoms with Crippen LogP contribution in [0.1, 0.15) is 29.0 Å². The molecule has 3 aromatic heterocycles. The van der Waals surface area contributed by atoms with Gasteiger partial charge in [-0.05, 0) is 31.9 Å². The Hall–Kier alpha value is -3.09. The van der Waals surface area contributed by atoms with Crippen molar-refractivity contribution in [2.24, 2.45) is 5.14 Å². The minimum Gasteiger partial charge on any atom is -0.442 e. The Kier molecular flexibility index (Phi) is 5.13. The van der Waals surface area contributed by atoms with Crippen molar-refractivity contribution in [1.29, 1.82) is 0 Å². The monoisotopic (exact) mass is 433 g/mol. The number of furan rings is 1. The number of anilines is 1. The highest BCUT2D eigenvalue weighted by Crippen LogP contribution is 2.23. The molecule has 0 bridgehead atoms. The van der Waals surface area contributed by atoms with Crippen molar-refractivity contribution in [2.75, 3.05) is 11.9 Å². The number of nitrogens with two attached hydrogens (primary N) is 1. The predicted molar refractivity (Wildman–Crippen MR) is 106 cm³/mol. The standard InChI is InChI=1S/C18H19N5O6S/c1-10-14(16(24)22-11-4-5-13(20-7-11)30(19,26)27)15-17(29-10)21-9-23(18(15)25)8-12-3-2-6-28-12/h4-5,7,9,12H,2-3,6,8H2,1H3,(H,22,24)(H2,19,26,27). The summed E-state index contributed by atoms with van der Waals surface area (Å²) in [6, 6.07) is 2.51. The minimum absolute atomic E-state index is 0.0553. The Labute approximate surface area is 170 Å². The fraction of sp³-hybridized carbons (Fsp3) is 0.333. The molecular formula is C18H19N5O6S. The molecule has 4 heterocycles. The van der Waals surface area contributed by atoms with Crippen LogP contribution in [0.5, 0.6) is 0 Å². The number of rotatable bonds is 5. The van der Waals surface area contributed by atoms with Crippen molar-refractivity contribution in [1.82, 2.24) is 14.5 Å². The highest BCUT2D eigenvalue weighted by Gasteiger charge is 2.24. The van der Waals surface area contributed by atoms with E-state index >= 15 is 0 Å². The van der Waals surface area contributed by atoms with Crippen LogP contribution in [0.25, 0.3) is 11.1 Å². The van der Waals surface area contributed by atoms with Crippen LogP contribution >= 0.6 is 0 Å². The molecule has 0 aromatic carbocycles. The van der Waals surface area contributed by atoms with Gasteiger partial charge in [0.2, 0.25) is 5.71 Å². The van der Waals surface area contributed by atoms with Crippen LogP contribution in [0, 0.1) is 6.92 Å². The third kappa shape index (κ3) is 3.84. The first-order chi connectivity index (χ1) is 14.2. The van der Waals surface area contributed by atoms with Crippen molar-refractivity contribution in [3.8, 4) is 0 Å². The summed E-state index contributed by atoms with van der Waals surface area (Å²) in [5.41, 5.74) is -0.0569.